The number of rotatable bonds is 0. The second-order valence-corrected chi connectivity index (χ2v) is 13.1. The number of hydrogen-bond donors (Lipinski definition) is 4. The molecular formula is C34H38N4O2. The molecule has 2 aliphatic rings. The van der Waals surface area contributed by atoms with E-state index in [2.05, 4.69) is 110 Å². The lowest BCUT2D eigenvalue weighted by molar-refractivity contribution is 0.211. The lowest BCUT2D eigenvalue weighted by atomic mass is 9.84. The fourth-order valence-corrected chi connectivity index (χ4v) is 6.35. The molecule has 6 heteroatoms. The second kappa shape index (κ2) is 8.23. The van der Waals surface area contributed by atoms with E-state index in [4.69, 9.17) is 9.47 Å². The average molecular weight is 535 g/mol. The molecule has 0 radical (unpaired) electrons. The standard InChI is InChI=1S/C34H38N4O2/c1-31(2)23-11-15-27(35-23)33(5)19-39-21-9-7-8-10-22(21)40-20-34(6,28-16-12-24(31)36-28)30-18-14-26(38-30)32(3,4)25-13-17-29(33)37-25/h7-18,35-38H,19-20H2,1-6H3. The molecular weight excluding hydrogens is 496 g/mol. The minimum atomic E-state index is -0.480. The predicted octanol–water partition coefficient (Wildman–Crippen LogP) is 7.05. The molecule has 0 atom stereocenters. The van der Waals surface area contributed by atoms with Gasteiger partial charge in [-0.05, 0) is 102 Å². The highest BCUT2D eigenvalue weighted by Gasteiger charge is 2.40. The lowest BCUT2D eigenvalue weighted by Gasteiger charge is -2.30. The first kappa shape index (κ1) is 24.9. The van der Waals surface area contributed by atoms with Gasteiger partial charge in [-0.2, -0.15) is 0 Å². The number of nitrogens with one attached hydrogen (secondary N) is 4. The molecule has 0 saturated heterocycles. The number of hydrogen-bond acceptors (Lipinski definition) is 2. The topological polar surface area (TPSA) is 81.6 Å². The van der Waals surface area contributed by atoms with Gasteiger partial charge in [-0.3, -0.25) is 0 Å². The third-order valence-electron chi connectivity index (χ3n) is 9.70. The van der Waals surface area contributed by atoms with Gasteiger partial charge in [0.1, 0.15) is 13.2 Å². The molecule has 206 valence electrons. The first-order chi connectivity index (χ1) is 19.0. The van der Waals surface area contributed by atoms with Crippen LogP contribution in [0.3, 0.4) is 0 Å². The van der Waals surface area contributed by atoms with Gasteiger partial charge in [-0.1, -0.05) is 12.1 Å². The quantitative estimate of drug-likeness (QED) is 0.172. The van der Waals surface area contributed by atoms with Crippen molar-refractivity contribution in [3.63, 3.8) is 0 Å². The van der Waals surface area contributed by atoms with Crippen LogP contribution in [-0.2, 0) is 21.7 Å². The van der Waals surface area contributed by atoms with E-state index in [0.717, 1.165) is 57.1 Å². The van der Waals surface area contributed by atoms with Crippen LogP contribution in [0.25, 0.3) is 0 Å². The highest BCUT2D eigenvalue weighted by atomic mass is 16.5. The molecule has 7 rings (SSSR count). The Hall–Kier alpha value is -4.06. The van der Waals surface area contributed by atoms with Crippen LogP contribution in [0.15, 0.2) is 72.8 Å². The molecule has 4 aromatic heterocycles. The molecule has 0 fully saturated rings. The number of aromatic nitrogens is 4. The third kappa shape index (κ3) is 3.48. The zero-order valence-electron chi connectivity index (χ0n) is 24.2. The van der Waals surface area contributed by atoms with Crippen LogP contribution >= 0.6 is 0 Å². The molecule has 40 heavy (non-hydrogen) atoms. The van der Waals surface area contributed by atoms with E-state index in [1.807, 2.05) is 24.3 Å². The molecule has 0 amide bonds. The van der Waals surface area contributed by atoms with Crippen molar-refractivity contribution in [2.45, 2.75) is 63.2 Å². The maximum Gasteiger partial charge on any atom is 0.161 e. The summed E-state index contributed by atoms with van der Waals surface area (Å²) in [7, 11) is 0. The van der Waals surface area contributed by atoms with Crippen molar-refractivity contribution in [1.82, 2.24) is 19.9 Å². The Kier molecular flexibility index (Phi) is 5.13. The highest BCUT2D eigenvalue weighted by molar-refractivity contribution is 5.46. The number of fused-ring (bicyclic) bond motifs is 16. The van der Waals surface area contributed by atoms with E-state index in [0.29, 0.717) is 13.2 Å². The van der Waals surface area contributed by atoms with E-state index < -0.39 is 10.8 Å². The summed E-state index contributed by atoms with van der Waals surface area (Å²) in [6.45, 7) is 14.4. The second-order valence-electron chi connectivity index (χ2n) is 13.1. The van der Waals surface area contributed by atoms with Crippen molar-refractivity contribution >= 4 is 0 Å². The summed E-state index contributed by atoms with van der Waals surface area (Å²) in [5, 5.41) is 0. The number of ether oxygens (including phenoxy) is 2. The molecule has 6 nitrogen and oxygen atoms in total. The number of para-hydroxylation sites is 2. The fourth-order valence-electron chi connectivity index (χ4n) is 6.35. The number of aromatic amines is 4. The van der Waals surface area contributed by atoms with E-state index >= 15 is 0 Å². The zero-order valence-corrected chi connectivity index (χ0v) is 24.2. The van der Waals surface area contributed by atoms with Crippen LogP contribution < -0.4 is 9.47 Å². The smallest absolute Gasteiger partial charge is 0.161 e. The van der Waals surface area contributed by atoms with Gasteiger partial charge in [0, 0.05) is 56.4 Å². The SMILES string of the molecule is CC1(C)c2ccc([nH]2)C2(C)COc3ccccc3OCC(C)(c3ccc1[nH]3)c1ccc([nH]1)C(C)(C)c1ccc2[nH]1. The van der Waals surface area contributed by atoms with Gasteiger partial charge in [0.2, 0.25) is 0 Å². The van der Waals surface area contributed by atoms with Crippen LogP contribution in [0.4, 0.5) is 0 Å². The summed E-state index contributed by atoms with van der Waals surface area (Å²) in [4.78, 5) is 15.3. The normalized spacial score (nSPS) is 24.6. The molecule has 0 unspecified atom stereocenters. The van der Waals surface area contributed by atoms with Gasteiger partial charge in [0.05, 0.1) is 10.8 Å². The van der Waals surface area contributed by atoms with E-state index in [1.165, 1.54) is 0 Å². The molecule has 0 saturated carbocycles. The molecule has 0 spiro atoms. The van der Waals surface area contributed by atoms with Crippen molar-refractivity contribution in [2.24, 2.45) is 0 Å². The Morgan fingerprint density at radius 3 is 1.00 bits per heavy atom. The minimum absolute atomic E-state index is 0.274. The number of benzene rings is 1. The Labute approximate surface area is 235 Å². The summed E-state index contributed by atoms with van der Waals surface area (Å²) in [5.41, 5.74) is 7.48. The molecule has 4 N–H and O–H groups in total. The van der Waals surface area contributed by atoms with Crippen LogP contribution in [0.2, 0.25) is 0 Å². The summed E-state index contributed by atoms with van der Waals surface area (Å²) in [6.07, 6.45) is 0. The van der Waals surface area contributed by atoms with E-state index in [9.17, 15) is 0 Å². The third-order valence-corrected chi connectivity index (χ3v) is 9.70. The van der Waals surface area contributed by atoms with Crippen LogP contribution in [0, 0.1) is 0 Å². The Morgan fingerprint density at radius 2 is 0.700 bits per heavy atom. The maximum atomic E-state index is 6.64. The van der Waals surface area contributed by atoms with Gasteiger partial charge in [-0.25, -0.2) is 0 Å². The summed E-state index contributed by atoms with van der Waals surface area (Å²) in [6, 6.07) is 25.7. The predicted molar refractivity (Wildman–Crippen MR) is 158 cm³/mol. The van der Waals surface area contributed by atoms with Crippen molar-refractivity contribution in [3.8, 4) is 11.5 Å². The van der Waals surface area contributed by atoms with Crippen LogP contribution in [0.5, 0.6) is 11.5 Å². The minimum Gasteiger partial charge on any atom is -0.488 e. The molecule has 2 aliphatic heterocycles. The summed E-state index contributed by atoms with van der Waals surface area (Å²) >= 11 is 0. The fraction of sp³-hybridized carbons (Fsp3) is 0.353. The summed E-state index contributed by atoms with van der Waals surface area (Å²) < 4.78 is 13.3. The Morgan fingerprint density at radius 1 is 0.425 bits per heavy atom. The Balaban J connectivity index is 1.56. The lowest BCUT2D eigenvalue weighted by Crippen LogP contribution is -2.33. The highest BCUT2D eigenvalue weighted by Crippen LogP contribution is 2.42. The average Bonchev–Trinajstić information content (AvgIpc) is 3.76. The molecule has 10 bridgehead atoms. The molecule has 0 aliphatic carbocycles. The van der Waals surface area contributed by atoms with Crippen molar-refractivity contribution in [2.75, 3.05) is 13.2 Å². The maximum absolute atomic E-state index is 6.64. The van der Waals surface area contributed by atoms with Crippen molar-refractivity contribution in [1.29, 1.82) is 0 Å². The zero-order chi connectivity index (χ0) is 27.9. The van der Waals surface area contributed by atoms with Gasteiger partial charge in [0.15, 0.2) is 11.5 Å². The monoisotopic (exact) mass is 534 g/mol. The van der Waals surface area contributed by atoms with E-state index in [-0.39, 0.29) is 10.8 Å². The first-order valence-corrected chi connectivity index (χ1v) is 14.2. The largest absolute Gasteiger partial charge is 0.488 e. The molecule has 6 heterocycles. The van der Waals surface area contributed by atoms with Gasteiger partial charge in [-0.15, -0.1) is 0 Å². The first-order valence-electron chi connectivity index (χ1n) is 14.2. The van der Waals surface area contributed by atoms with Gasteiger partial charge < -0.3 is 29.4 Å². The molecule has 5 aromatic rings. The van der Waals surface area contributed by atoms with Crippen LogP contribution in [-0.4, -0.2) is 33.1 Å². The van der Waals surface area contributed by atoms with Gasteiger partial charge >= 0.3 is 0 Å². The van der Waals surface area contributed by atoms with Crippen molar-refractivity contribution < 1.29 is 9.47 Å². The van der Waals surface area contributed by atoms with Gasteiger partial charge in [0.25, 0.3) is 0 Å². The van der Waals surface area contributed by atoms with Crippen LogP contribution in [0.1, 0.15) is 87.1 Å². The van der Waals surface area contributed by atoms with Crippen molar-refractivity contribution in [3.05, 3.63) is 118 Å². The molecule has 1 aromatic carbocycles. The summed E-state index contributed by atoms with van der Waals surface area (Å²) in [5.74, 6) is 1.47. The Bertz CT molecular complexity index is 1490. The number of H-pyrrole nitrogens is 4. The van der Waals surface area contributed by atoms with E-state index in [1.54, 1.807) is 0 Å².